The fraction of sp³-hybridized carbons (Fsp3) is 0.667. The van der Waals surface area contributed by atoms with E-state index in [9.17, 15) is 4.79 Å². The average Bonchev–Trinajstić information content (AvgIpc) is 2.66. The van der Waals surface area contributed by atoms with Crippen molar-refractivity contribution in [3.05, 3.63) is 17.0 Å². The summed E-state index contributed by atoms with van der Waals surface area (Å²) in [6.07, 6.45) is 1.46. The number of aliphatic hydroxyl groups is 1. The molecule has 0 aromatic carbocycles. The lowest BCUT2D eigenvalue weighted by Gasteiger charge is -2.06. The maximum atomic E-state index is 11.9. The highest BCUT2D eigenvalue weighted by atomic mass is 16.5. The van der Waals surface area contributed by atoms with Crippen molar-refractivity contribution in [2.24, 2.45) is 0 Å². The Morgan fingerprint density at radius 1 is 1.47 bits per heavy atom. The van der Waals surface area contributed by atoms with E-state index < -0.39 is 0 Å². The van der Waals surface area contributed by atoms with Crippen LogP contribution in [0.15, 0.2) is 4.52 Å². The number of unbranched alkanes of at least 4 members (excludes halogenated alkanes) is 1. The van der Waals surface area contributed by atoms with Gasteiger partial charge in [-0.2, -0.15) is 0 Å². The highest BCUT2D eigenvalue weighted by molar-refractivity contribution is 5.96. The first-order valence-electron chi connectivity index (χ1n) is 5.93. The second-order valence-corrected chi connectivity index (χ2v) is 4.35. The van der Waals surface area contributed by atoms with Crippen molar-refractivity contribution in [2.75, 3.05) is 13.2 Å². The SMILES string of the molecule is Cc1noc(C(C)C)c1C(=O)NCCCCO. The van der Waals surface area contributed by atoms with E-state index in [-0.39, 0.29) is 18.4 Å². The monoisotopic (exact) mass is 240 g/mol. The van der Waals surface area contributed by atoms with Crippen LogP contribution in [-0.4, -0.2) is 29.3 Å². The van der Waals surface area contributed by atoms with Crippen LogP contribution in [0.4, 0.5) is 0 Å². The van der Waals surface area contributed by atoms with Crippen LogP contribution < -0.4 is 5.32 Å². The molecule has 1 heterocycles. The maximum Gasteiger partial charge on any atom is 0.256 e. The molecule has 17 heavy (non-hydrogen) atoms. The molecule has 0 atom stereocenters. The predicted molar refractivity (Wildman–Crippen MR) is 64.0 cm³/mol. The van der Waals surface area contributed by atoms with Crippen LogP contribution in [0.2, 0.25) is 0 Å². The van der Waals surface area contributed by atoms with E-state index in [2.05, 4.69) is 10.5 Å². The summed E-state index contributed by atoms with van der Waals surface area (Å²) in [6.45, 7) is 6.39. The molecule has 5 nitrogen and oxygen atoms in total. The minimum Gasteiger partial charge on any atom is -0.396 e. The van der Waals surface area contributed by atoms with Gasteiger partial charge in [-0.15, -0.1) is 0 Å². The lowest BCUT2D eigenvalue weighted by Crippen LogP contribution is -2.26. The molecule has 96 valence electrons. The number of hydrogen-bond donors (Lipinski definition) is 2. The Hall–Kier alpha value is -1.36. The summed E-state index contributed by atoms with van der Waals surface area (Å²) >= 11 is 0. The molecule has 0 radical (unpaired) electrons. The molecule has 1 aromatic heterocycles. The summed E-state index contributed by atoms with van der Waals surface area (Å²) < 4.78 is 5.15. The van der Waals surface area contributed by atoms with Crippen LogP contribution in [-0.2, 0) is 0 Å². The number of carbonyl (C=O) groups excluding carboxylic acids is 1. The van der Waals surface area contributed by atoms with Crippen LogP contribution in [0.1, 0.15) is 54.4 Å². The van der Waals surface area contributed by atoms with Gasteiger partial charge in [0.05, 0.1) is 5.69 Å². The third-order valence-corrected chi connectivity index (χ3v) is 2.51. The zero-order valence-corrected chi connectivity index (χ0v) is 10.6. The van der Waals surface area contributed by atoms with E-state index in [0.29, 0.717) is 30.0 Å². The molecular formula is C12H20N2O3. The average molecular weight is 240 g/mol. The molecule has 0 aliphatic carbocycles. The molecular weight excluding hydrogens is 220 g/mol. The van der Waals surface area contributed by atoms with E-state index in [1.54, 1.807) is 6.92 Å². The second-order valence-electron chi connectivity index (χ2n) is 4.35. The number of amides is 1. The summed E-state index contributed by atoms with van der Waals surface area (Å²) in [4.78, 5) is 11.9. The third kappa shape index (κ3) is 3.56. The number of nitrogens with one attached hydrogen (secondary N) is 1. The highest BCUT2D eigenvalue weighted by Gasteiger charge is 2.21. The zero-order valence-electron chi connectivity index (χ0n) is 10.6. The van der Waals surface area contributed by atoms with E-state index in [1.165, 1.54) is 0 Å². The molecule has 1 rings (SSSR count). The Balaban J connectivity index is 2.65. The van der Waals surface area contributed by atoms with Gasteiger partial charge in [-0.1, -0.05) is 19.0 Å². The number of hydrogen-bond acceptors (Lipinski definition) is 4. The molecule has 0 fully saturated rings. The van der Waals surface area contributed by atoms with E-state index in [4.69, 9.17) is 9.63 Å². The normalized spacial score (nSPS) is 10.9. The molecule has 0 unspecified atom stereocenters. The first-order chi connectivity index (χ1) is 8.07. The molecule has 0 aliphatic heterocycles. The predicted octanol–water partition coefficient (Wildman–Crippen LogP) is 1.61. The van der Waals surface area contributed by atoms with Gasteiger partial charge >= 0.3 is 0 Å². The fourth-order valence-electron chi connectivity index (χ4n) is 1.58. The Morgan fingerprint density at radius 3 is 2.76 bits per heavy atom. The molecule has 5 heteroatoms. The Bertz CT molecular complexity index is 372. The number of aliphatic hydroxyl groups excluding tert-OH is 1. The number of carbonyl (C=O) groups is 1. The van der Waals surface area contributed by atoms with Crippen LogP contribution in [0.3, 0.4) is 0 Å². The molecule has 1 aromatic rings. The Morgan fingerprint density at radius 2 is 2.18 bits per heavy atom. The van der Waals surface area contributed by atoms with Crippen LogP contribution in [0.25, 0.3) is 0 Å². The van der Waals surface area contributed by atoms with Gasteiger partial charge in [0, 0.05) is 19.1 Å². The van der Waals surface area contributed by atoms with Gasteiger partial charge in [0.1, 0.15) is 5.56 Å². The minimum atomic E-state index is -0.148. The quantitative estimate of drug-likeness (QED) is 0.741. The molecule has 0 saturated carbocycles. The van der Waals surface area contributed by atoms with Gasteiger partial charge in [-0.3, -0.25) is 4.79 Å². The van der Waals surface area contributed by atoms with Crippen molar-refractivity contribution in [1.29, 1.82) is 0 Å². The first kappa shape index (κ1) is 13.7. The lowest BCUT2D eigenvalue weighted by atomic mass is 10.0. The summed E-state index contributed by atoms with van der Waals surface area (Å²) in [6, 6.07) is 0. The van der Waals surface area contributed by atoms with E-state index in [1.807, 2.05) is 13.8 Å². The number of aromatic nitrogens is 1. The van der Waals surface area contributed by atoms with Crippen molar-refractivity contribution in [2.45, 2.75) is 39.5 Å². The Labute approximate surface area is 101 Å². The highest BCUT2D eigenvalue weighted by Crippen LogP contribution is 2.21. The van der Waals surface area contributed by atoms with Crippen molar-refractivity contribution >= 4 is 5.91 Å². The first-order valence-corrected chi connectivity index (χ1v) is 5.93. The van der Waals surface area contributed by atoms with Gasteiger partial charge in [0.15, 0.2) is 5.76 Å². The molecule has 0 bridgehead atoms. The summed E-state index contributed by atoms with van der Waals surface area (Å²) in [7, 11) is 0. The molecule has 0 aliphatic rings. The minimum absolute atomic E-state index is 0.134. The summed E-state index contributed by atoms with van der Waals surface area (Å²) in [5, 5.41) is 15.3. The van der Waals surface area contributed by atoms with Crippen LogP contribution in [0.5, 0.6) is 0 Å². The van der Waals surface area contributed by atoms with Crippen molar-refractivity contribution < 1.29 is 14.4 Å². The number of rotatable bonds is 6. The van der Waals surface area contributed by atoms with Gasteiger partial charge in [-0.25, -0.2) is 0 Å². The topological polar surface area (TPSA) is 75.4 Å². The molecule has 2 N–H and O–H groups in total. The van der Waals surface area contributed by atoms with Gasteiger partial charge in [-0.05, 0) is 19.8 Å². The summed E-state index contributed by atoms with van der Waals surface area (Å²) in [5.41, 5.74) is 1.16. The van der Waals surface area contributed by atoms with Crippen molar-refractivity contribution in [3.63, 3.8) is 0 Å². The second kappa shape index (κ2) is 6.39. The zero-order chi connectivity index (χ0) is 12.8. The van der Waals surface area contributed by atoms with E-state index in [0.717, 1.165) is 6.42 Å². The number of nitrogens with zero attached hydrogens (tertiary/aromatic N) is 1. The van der Waals surface area contributed by atoms with E-state index >= 15 is 0 Å². The molecule has 0 saturated heterocycles. The largest absolute Gasteiger partial charge is 0.396 e. The standard InChI is InChI=1S/C12H20N2O3/c1-8(2)11-10(9(3)14-17-11)12(16)13-6-4-5-7-15/h8,15H,4-7H2,1-3H3,(H,13,16). The fourth-order valence-corrected chi connectivity index (χ4v) is 1.58. The van der Waals surface area contributed by atoms with Gasteiger partial charge in [0.2, 0.25) is 0 Å². The Kier molecular flexibility index (Phi) is 5.15. The molecule has 0 spiro atoms. The summed E-state index contributed by atoms with van der Waals surface area (Å²) in [5.74, 6) is 0.613. The smallest absolute Gasteiger partial charge is 0.256 e. The maximum absolute atomic E-state index is 11.9. The number of aryl methyl sites for hydroxylation is 1. The lowest BCUT2D eigenvalue weighted by molar-refractivity contribution is 0.0949. The van der Waals surface area contributed by atoms with Gasteiger partial charge < -0.3 is 14.9 Å². The van der Waals surface area contributed by atoms with Crippen LogP contribution in [0, 0.1) is 6.92 Å². The van der Waals surface area contributed by atoms with Gasteiger partial charge in [0.25, 0.3) is 5.91 Å². The third-order valence-electron chi connectivity index (χ3n) is 2.51. The van der Waals surface area contributed by atoms with Crippen molar-refractivity contribution in [3.8, 4) is 0 Å². The molecule has 1 amide bonds. The van der Waals surface area contributed by atoms with Crippen molar-refractivity contribution in [1.82, 2.24) is 10.5 Å². The van der Waals surface area contributed by atoms with Crippen LogP contribution >= 0.6 is 0 Å².